The van der Waals surface area contributed by atoms with Crippen molar-refractivity contribution < 1.29 is 9.53 Å². The van der Waals surface area contributed by atoms with Crippen LogP contribution in [0.4, 0.5) is 11.4 Å². The van der Waals surface area contributed by atoms with Crippen molar-refractivity contribution in [2.75, 3.05) is 11.9 Å². The number of rotatable bonds is 9. The van der Waals surface area contributed by atoms with Gasteiger partial charge >= 0.3 is 0 Å². The molecular formula is C31H27N5O3. The van der Waals surface area contributed by atoms with Gasteiger partial charge in [0.1, 0.15) is 5.75 Å². The smallest absolute Gasteiger partial charge is 0.299 e. The van der Waals surface area contributed by atoms with Crippen molar-refractivity contribution in [3.8, 4) is 17.2 Å². The highest BCUT2D eigenvalue weighted by atomic mass is 16.5. The quantitative estimate of drug-likeness (QED) is 0.270. The zero-order chi connectivity index (χ0) is 27.0. The van der Waals surface area contributed by atoms with Crippen LogP contribution >= 0.6 is 0 Å². The number of anilines is 2. The lowest BCUT2D eigenvalue weighted by Crippen LogP contribution is -2.26. The monoisotopic (exact) mass is 517 g/mol. The molecule has 0 aliphatic heterocycles. The van der Waals surface area contributed by atoms with Crippen molar-refractivity contribution in [1.82, 2.24) is 20.1 Å². The number of benzene rings is 3. The summed E-state index contributed by atoms with van der Waals surface area (Å²) in [5.41, 5.74) is 3.37. The molecule has 2 aromatic heterocycles. The zero-order valence-electron chi connectivity index (χ0n) is 21.4. The van der Waals surface area contributed by atoms with Crippen LogP contribution in [0.15, 0.2) is 114 Å². The van der Waals surface area contributed by atoms with Crippen molar-refractivity contribution in [3.63, 3.8) is 0 Å². The Balaban J connectivity index is 1.41. The minimum Gasteiger partial charge on any atom is -0.453 e. The van der Waals surface area contributed by atoms with Crippen molar-refractivity contribution in [3.05, 3.63) is 137 Å². The number of hydrogen-bond donors (Lipinski definition) is 2. The molecule has 0 aliphatic rings. The molecule has 3 aromatic carbocycles. The number of hydrogen-bond acceptors (Lipinski definition) is 6. The molecule has 0 atom stereocenters. The predicted octanol–water partition coefficient (Wildman–Crippen LogP) is 5.44. The maximum absolute atomic E-state index is 13.6. The lowest BCUT2D eigenvalue weighted by molar-refractivity contribution is 0.0954. The molecule has 194 valence electrons. The van der Waals surface area contributed by atoms with E-state index in [4.69, 9.17) is 4.74 Å². The van der Waals surface area contributed by atoms with Crippen LogP contribution in [0.5, 0.6) is 11.5 Å². The summed E-state index contributed by atoms with van der Waals surface area (Å²) in [4.78, 5) is 30.7. The molecule has 5 rings (SSSR count). The molecular weight excluding hydrogens is 490 g/mol. The van der Waals surface area contributed by atoms with E-state index in [0.29, 0.717) is 35.7 Å². The van der Waals surface area contributed by atoms with Gasteiger partial charge in [-0.3, -0.25) is 14.6 Å². The van der Waals surface area contributed by atoms with Gasteiger partial charge in [-0.1, -0.05) is 42.5 Å². The molecule has 2 N–H and O–H groups in total. The molecule has 5 aromatic rings. The van der Waals surface area contributed by atoms with Crippen LogP contribution in [-0.2, 0) is 6.42 Å². The normalized spacial score (nSPS) is 10.6. The number of amides is 1. The lowest BCUT2D eigenvalue weighted by Gasteiger charge is -2.15. The summed E-state index contributed by atoms with van der Waals surface area (Å²) in [5.74, 6) is 0.628. The Hall–Kier alpha value is -5.24. The van der Waals surface area contributed by atoms with Gasteiger partial charge < -0.3 is 15.4 Å². The number of pyridine rings is 1. The molecule has 8 nitrogen and oxygen atoms in total. The molecule has 8 heteroatoms. The van der Waals surface area contributed by atoms with Gasteiger partial charge in [0.15, 0.2) is 11.4 Å². The SMILES string of the molecule is Cc1cccc(Oc2cnn(-c3ccccc3)c(=O)c2Nc2cccc(C(=O)NCCc3ccccn3)c2)c1. The maximum Gasteiger partial charge on any atom is 0.299 e. The molecule has 0 bridgehead atoms. The van der Waals surface area contributed by atoms with Crippen molar-refractivity contribution in [2.45, 2.75) is 13.3 Å². The van der Waals surface area contributed by atoms with E-state index in [1.807, 2.05) is 67.6 Å². The van der Waals surface area contributed by atoms with E-state index in [2.05, 4.69) is 20.7 Å². The lowest BCUT2D eigenvalue weighted by atomic mass is 10.1. The predicted molar refractivity (Wildman–Crippen MR) is 151 cm³/mol. The average molecular weight is 518 g/mol. The number of aryl methyl sites for hydroxylation is 1. The van der Waals surface area contributed by atoms with Crippen LogP contribution < -0.4 is 20.9 Å². The van der Waals surface area contributed by atoms with E-state index < -0.39 is 5.56 Å². The summed E-state index contributed by atoms with van der Waals surface area (Å²) in [7, 11) is 0. The molecule has 0 aliphatic carbocycles. The van der Waals surface area contributed by atoms with Gasteiger partial charge in [-0.25, -0.2) is 0 Å². The fraction of sp³-hybridized carbons (Fsp3) is 0.0968. The Bertz CT molecular complexity index is 1640. The number of aromatic nitrogens is 3. The van der Waals surface area contributed by atoms with Crippen LogP contribution in [-0.4, -0.2) is 27.2 Å². The molecule has 0 radical (unpaired) electrons. The van der Waals surface area contributed by atoms with Gasteiger partial charge in [0, 0.05) is 36.1 Å². The summed E-state index contributed by atoms with van der Waals surface area (Å²) < 4.78 is 7.39. The standard InChI is InChI=1S/C31H27N5O3/c1-22-9-7-15-27(19-22)39-28-21-34-36(26-13-3-2-4-14-26)31(38)29(28)35-25-12-8-10-23(20-25)30(37)33-18-16-24-11-5-6-17-32-24/h2-15,17,19-21,35H,16,18H2,1H3,(H,33,37). The van der Waals surface area contributed by atoms with Crippen LogP contribution in [0.3, 0.4) is 0 Å². The molecule has 0 saturated carbocycles. The van der Waals surface area contributed by atoms with Crippen molar-refractivity contribution in [2.24, 2.45) is 0 Å². The van der Waals surface area contributed by atoms with Gasteiger partial charge in [-0.05, 0) is 67.1 Å². The number of nitrogens with zero attached hydrogens (tertiary/aromatic N) is 3. The fourth-order valence-electron chi connectivity index (χ4n) is 4.02. The highest BCUT2D eigenvalue weighted by Crippen LogP contribution is 2.29. The second kappa shape index (κ2) is 11.9. The minimum absolute atomic E-state index is 0.197. The van der Waals surface area contributed by atoms with Crippen LogP contribution in [0.2, 0.25) is 0 Å². The highest BCUT2D eigenvalue weighted by Gasteiger charge is 2.16. The Morgan fingerprint density at radius 3 is 2.54 bits per heavy atom. The second-order valence-electron chi connectivity index (χ2n) is 8.89. The van der Waals surface area contributed by atoms with Gasteiger partial charge in [-0.15, -0.1) is 0 Å². The topological polar surface area (TPSA) is 98.1 Å². The van der Waals surface area contributed by atoms with Crippen LogP contribution in [0.25, 0.3) is 5.69 Å². The van der Waals surface area contributed by atoms with E-state index in [1.165, 1.54) is 10.9 Å². The average Bonchev–Trinajstić information content (AvgIpc) is 2.96. The van der Waals surface area contributed by atoms with Crippen molar-refractivity contribution in [1.29, 1.82) is 0 Å². The summed E-state index contributed by atoms with van der Waals surface area (Å²) >= 11 is 0. The summed E-state index contributed by atoms with van der Waals surface area (Å²) in [6, 6.07) is 29.3. The molecule has 0 fully saturated rings. The summed E-state index contributed by atoms with van der Waals surface area (Å²) in [6.07, 6.45) is 3.86. The summed E-state index contributed by atoms with van der Waals surface area (Å²) in [6.45, 7) is 2.42. The number of ether oxygens (including phenoxy) is 1. The molecule has 2 heterocycles. The van der Waals surface area contributed by atoms with E-state index >= 15 is 0 Å². The Kier molecular flexibility index (Phi) is 7.73. The molecule has 0 spiro atoms. The minimum atomic E-state index is -0.392. The fourth-order valence-corrected chi connectivity index (χ4v) is 4.02. The van der Waals surface area contributed by atoms with Gasteiger partial charge in [0.25, 0.3) is 11.5 Å². The third-order valence-electron chi connectivity index (χ3n) is 5.95. The number of carbonyl (C=O) groups is 1. The first-order chi connectivity index (χ1) is 19.1. The molecule has 1 amide bonds. The van der Waals surface area contributed by atoms with E-state index in [9.17, 15) is 9.59 Å². The molecule has 0 unspecified atom stereocenters. The second-order valence-corrected chi connectivity index (χ2v) is 8.89. The van der Waals surface area contributed by atoms with Crippen LogP contribution in [0, 0.1) is 6.92 Å². The van der Waals surface area contributed by atoms with Crippen molar-refractivity contribution >= 4 is 17.3 Å². The van der Waals surface area contributed by atoms with E-state index in [0.717, 1.165) is 11.3 Å². The molecule has 39 heavy (non-hydrogen) atoms. The highest BCUT2D eigenvalue weighted by molar-refractivity contribution is 5.95. The number of para-hydroxylation sites is 1. The number of carbonyl (C=O) groups excluding carboxylic acids is 1. The first kappa shape index (κ1) is 25.4. The van der Waals surface area contributed by atoms with E-state index in [-0.39, 0.29) is 17.3 Å². The number of nitrogens with one attached hydrogen (secondary N) is 2. The van der Waals surface area contributed by atoms with Gasteiger partial charge in [0.2, 0.25) is 0 Å². The first-order valence-electron chi connectivity index (χ1n) is 12.5. The third-order valence-corrected chi connectivity index (χ3v) is 5.95. The molecule has 0 saturated heterocycles. The third kappa shape index (κ3) is 6.37. The van der Waals surface area contributed by atoms with Gasteiger partial charge in [-0.2, -0.15) is 9.78 Å². The van der Waals surface area contributed by atoms with Gasteiger partial charge in [0.05, 0.1) is 11.9 Å². The zero-order valence-corrected chi connectivity index (χ0v) is 21.4. The Morgan fingerprint density at radius 1 is 0.923 bits per heavy atom. The Labute approximate surface area is 225 Å². The first-order valence-corrected chi connectivity index (χ1v) is 12.5. The van der Waals surface area contributed by atoms with Crippen LogP contribution in [0.1, 0.15) is 21.6 Å². The largest absolute Gasteiger partial charge is 0.453 e. The van der Waals surface area contributed by atoms with E-state index in [1.54, 1.807) is 42.6 Å². The Morgan fingerprint density at radius 2 is 1.74 bits per heavy atom. The maximum atomic E-state index is 13.6. The summed E-state index contributed by atoms with van der Waals surface area (Å²) in [5, 5.41) is 10.4.